The van der Waals surface area contributed by atoms with Gasteiger partial charge in [-0.15, -0.1) is 0 Å². The minimum atomic E-state index is -3.37. The van der Waals surface area contributed by atoms with E-state index < -0.39 is 34.4 Å². The van der Waals surface area contributed by atoms with Gasteiger partial charge in [0.25, 0.3) is 0 Å². The average molecular weight is 448 g/mol. The SMILES string of the molecule is CCS(=O)(=O)N1CCc2cc(C(=O)COC(=O)c3[nH]c(C)c(C(=O)OC)c3C)ccc21. The van der Waals surface area contributed by atoms with E-state index in [0.29, 0.717) is 35.5 Å². The maximum atomic E-state index is 12.5. The minimum Gasteiger partial charge on any atom is -0.465 e. The van der Waals surface area contributed by atoms with Gasteiger partial charge in [0.2, 0.25) is 10.0 Å². The van der Waals surface area contributed by atoms with Gasteiger partial charge in [0.05, 0.1) is 24.1 Å². The van der Waals surface area contributed by atoms with Gasteiger partial charge >= 0.3 is 11.9 Å². The molecule has 0 saturated carbocycles. The fraction of sp³-hybridized carbons (Fsp3) is 0.381. The highest BCUT2D eigenvalue weighted by molar-refractivity contribution is 7.92. The summed E-state index contributed by atoms with van der Waals surface area (Å²) in [6, 6.07) is 4.76. The number of carbonyl (C=O) groups excluding carboxylic acids is 3. The normalized spacial score (nSPS) is 13.1. The Morgan fingerprint density at radius 3 is 2.52 bits per heavy atom. The summed E-state index contributed by atoms with van der Waals surface area (Å²) in [5, 5.41) is 0. The molecule has 0 saturated heterocycles. The number of carbonyl (C=O) groups is 3. The van der Waals surface area contributed by atoms with Crippen LogP contribution in [0.4, 0.5) is 5.69 Å². The van der Waals surface area contributed by atoms with Crippen LogP contribution >= 0.6 is 0 Å². The van der Waals surface area contributed by atoms with Crippen molar-refractivity contribution in [2.45, 2.75) is 27.2 Å². The number of fused-ring (bicyclic) bond motifs is 1. The molecule has 2 heterocycles. The first-order valence-corrected chi connectivity index (χ1v) is 11.3. The lowest BCUT2D eigenvalue weighted by atomic mass is 10.1. The number of aromatic amines is 1. The van der Waals surface area contributed by atoms with Crippen LogP contribution in [0, 0.1) is 13.8 Å². The Kier molecular flexibility index (Phi) is 6.21. The van der Waals surface area contributed by atoms with Gasteiger partial charge in [-0.3, -0.25) is 9.10 Å². The number of esters is 2. The number of aromatic nitrogens is 1. The minimum absolute atomic E-state index is 0.00159. The molecule has 0 radical (unpaired) electrons. The van der Waals surface area contributed by atoms with Gasteiger partial charge in [-0.05, 0) is 56.5 Å². The summed E-state index contributed by atoms with van der Waals surface area (Å²) in [4.78, 5) is 39.6. The van der Waals surface area contributed by atoms with Crippen LogP contribution in [-0.4, -0.2) is 57.1 Å². The van der Waals surface area contributed by atoms with Gasteiger partial charge in [-0.2, -0.15) is 0 Å². The Labute approximate surface area is 180 Å². The summed E-state index contributed by atoms with van der Waals surface area (Å²) in [6.45, 7) is 4.66. The molecule has 31 heavy (non-hydrogen) atoms. The number of methoxy groups -OCH3 is 1. The second-order valence-corrected chi connectivity index (χ2v) is 9.36. The molecule has 0 atom stereocenters. The molecule has 9 nitrogen and oxygen atoms in total. The van der Waals surface area contributed by atoms with E-state index in [4.69, 9.17) is 9.47 Å². The molecular weight excluding hydrogens is 424 g/mol. The molecule has 0 unspecified atom stereocenters. The number of nitrogens with one attached hydrogen (secondary N) is 1. The number of nitrogens with zero attached hydrogens (tertiary/aromatic N) is 1. The Balaban J connectivity index is 1.71. The highest BCUT2D eigenvalue weighted by atomic mass is 32.2. The monoisotopic (exact) mass is 448 g/mol. The van der Waals surface area contributed by atoms with Gasteiger partial charge in [0, 0.05) is 17.8 Å². The summed E-state index contributed by atoms with van der Waals surface area (Å²) in [5.74, 6) is -1.75. The lowest BCUT2D eigenvalue weighted by Gasteiger charge is -2.18. The fourth-order valence-electron chi connectivity index (χ4n) is 3.64. The Bertz CT molecular complexity index is 1160. The number of benzene rings is 1. The van der Waals surface area contributed by atoms with Crippen molar-refractivity contribution in [1.82, 2.24) is 4.98 Å². The largest absolute Gasteiger partial charge is 0.465 e. The zero-order valence-corrected chi connectivity index (χ0v) is 18.6. The lowest BCUT2D eigenvalue weighted by molar-refractivity contribution is 0.0468. The number of ether oxygens (including phenoxy) is 2. The molecular formula is C21H24N2O7S. The maximum Gasteiger partial charge on any atom is 0.355 e. The molecule has 2 aromatic rings. The van der Waals surface area contributed by atoms with E-state index in [9.17, 15) is 22.8 Å². The van der Waals surface area contributed by atoms with Crippen molar-refractivity contribution in [3.05, 3.63) is 51.8 Å². The zero-order valence-electron chi connectivity index (χ0n) is 17.8. The van der Waals surface area contributed by atoms with Gasteiger partial charge in [0.15, 0.2) is 12.4 Å². The first-order valence-electron chi connectivity index (χ1n) is 9.71. The number of sulfonamides is 1. The third-order valence-electron chi connectivity index (χ3n) is 5.32. The summed E-state index contributed by atoms with van der Waals surface area (Å²) in [7, 11) is -2.12. The number of hydrogen-bond acceptors (Lipinski definition) is 7. The van der Waals surface area contributed by atoms with Crippen LogP contribution < -0.4 is 4.31 Å². The molecule has 0 amide bonds. The van der Waals surface area contributed by atoms with E-state index in [1.54, 1.807) is 32.9 Å². The Morgan fingerprint density at radius 1 is 1.16 bits per heavy atom. The number of hydrogen-bond donors (Lipinski definition) is 1. The number of rotatable bonds is 7. The van der Waals surface area contributed by atoms with Crippen LogP contribution in [-0.2, 0) is 25.9 Å². The molecule has 0 bridgehead atoms. The number of aryl methyl sites for hydroxylation is 1. The summed E-state index contributed by atoms with van der Waals surface area (Å²) in [6.07, 6.45) is 0.507. The quantitative estimate of drug-likeness (QED) is 0.509. The molecule has 166 valence electrons. The topological polar surface area (TPSA) is 123 Å². The summed E-state index contributed by atoms with van der Waals surface area (Å²) < 4.78 is 35.6. The van der Waals surface area contributed by atoms with Crippen molar-refractivity contribution in [3.8, 4) is 0 Å². The molecule has 3 rings (SSSR count). The predicted octanol–water partition coefficient (Wildman–Crippen LogP) is 2.17. The van der Waals surface area contributed by atoms with E-state index in [-0.39, 0.29) is 17.0 Å². The molecule has 1 aliphatic heterocycles. The first kappa shape index (κ1) is 22.5. The summed E-state index contributed by atoms with van der Waals surface area (Å²) in [5.41, 5.74) is 2.85. The van der Waals surface area contributed by atoms with Crippen LogP contribution in [0.3, 0.4) is 0 Å². The highest BCUT2D eigenvalue weighted by Gasteiger charge is 2.29. The third kappa shape index (κ3) is 4.20. The van der Waals surface area contributed by atoms with Crippen molar-refractivity contribution in [2.75, 3.05) is 30.3 Å². The van der Waals surface area contributed by atoms with E-state index in [1.165, 1.54) is 17.5 Å². The smallest absolute Gasteiger partial charge is 0.355 e. The second-order valence-electron chi connectivity index (χ2n) is 7.18. The van der Waals surface area contributed by atoms with Gasteiger partial charge in [-0.25, -0.2) is 18.0 Å². The molecule has 1 aromatic carbocycles. The number of H-pyrrole nitrogens is 1. The molecule has 10 heteroatoms. The van der Waals surface area contributed by atoms with Crippen molar-refractivity contribution in [1.29, 1.82) is 0 Å². The van der Waals surface area contributed by atoms with E-state index in [2.05, 4.69) is 4.98 Å². The fourth-order valence-corrected chi connectivity index (χ4v) is 4.80. The van der Waals surface area contributed by atoms with Crippen LogP contribution in [0.5, 0.6) is 0 Å². The summed E-state index contributed by atoms with van der Waals surface area (Å²) >= 11 is 0. The third-order valence-corrected chi connectivity index (χ3v) is 7.10. The predicted molar refractivity (Wildman–Crippen MR) is 113 cm³/mol. The van der Waals surface area contributed by atoms with Crippen LogP contribution in [0.15, 0.2) is 18.2 Å². The average Bonchev–Trinajstić information content (AvgIpc) is 3.31. The van der Waals surface area contributed by atoms with E-state index >= 15 is 0 Å². The highest BCUT2D eigenvalue weighted by Crippen LogP contribution is 2.31. The van der Waals surface area contributed by atoms with E-state index in [1.807, 2.05) is 0 Å². The van der Waals surface area contributed by atoms with Crippen molar-refractivity contribution < 1.29 is 32.3 Å². The Hall–Kier alpha value is -3.14. The van der Waals surface area contributed by atoms with Crippen molar-refractivity contribution in [3.63, 3.8) is 0 Å². The lowest BCUT2D eigenvalue weighted by Crippen LogP contribution is -2.30. The van der Waals surface area contributed by atoms with Crippen LogP contribution in [0.25, 0.3) is 0 Å². The molecule has 1 aromatic heterocycles. The molecule has 0 fully saturated rings. The second kappa shape index (κ2) is 8.54. The van der Waals surface area contributed by atoms with Gasteiger partial charge in [-0.1, -0.05) is 0 Å². The van der Waals surface area contributed by atoms with Gasteiger partial charge < -0.3 is 14.5 Å². The first-order chi connectivity index (χ1) is 14.6. The molecule has 1 N–H and O–H groups in total. The van der Waals surface area contributed by atoms with Gasteiger partial charge in [0.1, 0.15) is 5.69 Å². The number of anilines is 1. The Morgan fingerprint density at radius 2 is 1.87 bits per heavy atom. The molecule has 0 aliphatic carbocycles. The maximum absolute atomic E-state index is 12.5. The number of ketones is 1. The number of Topliss-reactive ketones (excluding diaryl/α,β-unsaturated/α-hetero) is 1. The van der Waals surface area contributed by atoms with Crippen LogP contribution in [0.1, 0.15) is 54.9 Å². The van der Waals surface area contributed by atoms with Crippen molar-refractivity contribution >= 4 is 33.4 Å². The van der Waals surface area contributed by atoms with Crippen molar-refractivity contribution in [2.24, 2.45) is 0 Å². The van der Waals surface area contributed by atoms with Crippen LogP contribution in [0.2, 0.25) is 0 Å². The standard InChI is InChI=1S/C21H24N2O7S/c1-5-31(27,28)23-9-8-14-10-15(6-7-16(14)23)17(24)11-30-21(26)19-12(2)18(13(3)22-19)20(25)29-4/h6-7,10,22H,5,8-9,11H2,1-4H3. The zero-order chi connectivity index (χ0) is 22.9. The molecule has 0 spiro atoms. The van der Waals surface area contributed by atoms with E-state index in [0.717, 1.165) is 5.56 Å². The molecule has 1 aliphatic rings.